The van der Waals surface area contributed by atoms with Crippen LogP contribution in [0.25, 0.3) is 10.9 Å². The monoisotopic (exact) mass is 383 g/mol. The van der Waals surface area contributed by atoms with Gasteiger partial charge < -0.3 is 14.3 Å². The van der Waals surface area contributed by atoms with Gasteiger partial charge in [0.1, 0.15) is 17.3 Å². The van der Waals surface area contributed by atoms with Gasteiger partial charge in [-0.3, -0.25) is 9.69 Å². The fourth-order valence-electron chi connectivity index (χ4n) is 4.33. The quantitative estimate of drug-likeness (QED) is 0.728. The minimum absolute atomic E-state index is 0.0974. The average molecular weight is 383 g/mol. The number of nitrogens with zero attached hydrogens (tertiary/aromatic N) is 2. The van der Waals surface area contributed by atoms with E-state index in [-0.39, 0.29) is 11.7 Å². The third-order valence-electron chi connectivity index (χ3n) is 5.74. The van der Waals surface area contributed by atoms with Crippen LogP contribution in [0.15, 0.2) is 41.0 Å². The summed E-state index contributed by atoms with van der Waals surface area (Å²) in [6.45, 7) is 5.33. The number of hydrogen-bond acceptors (Lipinski definition) is 3. The van der Waals surface area contributed by atoms with Crippen LogP contribution in [-0.2, 0) is 13.6 Å². The lowest BCUT2D eigenvalue weighted by Crippen LogP contribution is -2.40. The maximum Gasteiger partial charge on any atom is 0.268 e. The van der Waals surface area contributed by atoms with Crippen molar-refractivity contribution in [2.24, 2.45) is 13.0 Å². The third kappa shape index (κ3) is 3.69. The SMILES string of the molecule is Cc1c(C(=O)NC[C@@H]2CCCN(Cc3ccco3)C2)n(C)c2ccc(F)cc12. The van der Waals surface area contributed by atoms with Gasteiger partial charge in [-0.2, -0.15) is 0 Å². The third-order valence-corrected chi connectivity index (χ3v) is 5.74. The number of carbonyl (C=O) groups excluding carboxylic acids is 1. The molecule has 1 aliphatic heterocycles. The van der Waals surface area contributed by atoms with Gasteiger partial charge in [-0.1, -0.05) is 0 Å². The van der Waals surface area contributed by atoms with E-state index in [1.165, 1.54) is 12.1 Å². The van der Waals surface area contributed by atoms with Gasteiger partial charge in [0.25, 0.3) is 5.91 Å². The smallest absolute Gasteiger partial charge is 0.268 e. The first-order valence-electron chi connectivity index (χ1n) is 9.80. The van der Waals surface area contributed by atoms with Gasteiger partial charge in [0.2, 0.25) is 0 Å². The lowest BCUT2D eigenvalue weighted by molar-refractivity contribution is 0.0920. The van der Waals surface area contributed by atoms with E-state index in [4.69, 9.17) is 4.42 Å². The van der Waals surface area contributed by atoms with E-state index in [2.05, 4.69) is 10.2 Å². The molecule has 0 radical (unpaired) electrons. The molecule has 4 rings (SSSR count). The summed E-state index contributed by atoms with van der Waals surface area (Å²) >= 11 is 0. The molecule has 148 valence electrons. The molecule has 1 amide bonds. The second kappa shape index (κ2) is 7.80. The van der Waals surface area contributed by atoms with E-state index in [9.17, 15) is 9.18 Å². The van der Waals surface area contributed by atoms with Crippen molar-refractivity contribution in [2.75, 3.05) is 19.6 Å². The first-order valence-corrected chi connectivity index (χ1v) is 9.80. The molecule has 0 unspecified atom stereocenters. The van der Waals surface area contributed by atoms with E-state index in [1.807, 2.05) is 30.7 Å². The molecular weight excluding hydrogens is 357 g/mol. The summed E-state index contributed by atoms with van der Waals surface area (Å²) in [5.74, 6) is 1.01. The zero-order valence-electron chi connectivity index (χ0n) is 16.4. The van der Waals surface area contributed by atoms with Gasteiger partial charge in [-0.25, -0.2) is 4.39 Å². The van der Waals surface area contributed by atoms with Crippen LogP contribution in [0.3, 0.4) is 0 Å². The summed E-state index contributed by atoms with van der Waals surface area (Å²) < 4.78 is 20.9. The number of benzene rings is 1. The number of furan rings is 1. The van der Waals surface area contributed by atoms with Crippen molar-refractivity contribution in [1.29, 1.82) is 0 Å². The summed E-state index contributed by atoms with van der Waals surface area (Å²) in [4.78, 5) is 15.2. The number of piperidine rings is 1. The van der Waals surface area contributed by atoms with E-state index in [0.29, 0.717) is 18.2 Å². The number of halogens is 1. The second-order valence-corrected chi connectivity index (χ2v) is 7.73. The van der Waals surface area contributed by atoms with Crippen LogP contribution in [0.4, 0.5) is 4.39 Å². The van der Waals surface area contributed by atoms with Crippen LogP contribution >= 0.6 is 0 Å². The fraction of sp³-hybridized carbons (Fsp3) is 0.409. The molecule has 3 heterocycles. The van der Waals surface area contributed by atoms with E-state index in [1.54, 1.807) is 12.3 Å². The van der Waals surface area contributed by atoms with Crippen molar-refractivity contribution in [1.82, 2.24) is 14.8 Å². The number of fused-ring (bicyclic) bond motifs is 1. The zero-order valence-corrected chi connectivity index (χ0v) is 16.4. The molecular formula is C22H26FN3O2. The maximum absolute atomic E-state index is 13.6. The lowest BCUT2D eigenvalue weighted by Gasteiger charge is -2.32. The summed E-state index contributed by atoms with van der Waals surface area (Å²) in [6, 6.07) is 8.56. The molecule has 2 aromatic heterocycles. The Labute approximate surface area is 164 Å². The molecule has 0 aliphatic carbocycles. The molecule has 1 saturated heterocycles. The molecule has 1 atom stereocenters. The van der Waals surface area contributed by atoms with Crippen LogP contribution in [0.1, 0.15) is 34.7 Å². The molecule has 5 nitrogen and oxygen atoms in total. The highest BCUT2D eigenvalue weighted by atomic mass is 19.1. The van der Waals surface area contributed by atoms with Gasteiger partial charge in [-0.15, -0.1) is 0 Å². The number of rotatable bonds is 5. The fourth-order valence-corrected chi connectivity index (χ4v) is 4.33. The Morgan fingerprint density at radius 1 is 1.36 bits per heavy atom. The molecule has 28 heavy (non-hydrogen) atoms. The van der Waals surface area contributed by atoms with Crippen molar-refractivity contribution in [3.8, 4) is 0 Å². The van der Waals surface area contributed by atoms with Crippen LogP contribution in [0.2, 0.25) is 0 Å². The number of likely N-dealkylation sites (tertiary alicyclic amines) is 1. The Morgan fingerprint density at radius 3 is 3.00 bits per heavy atom. The van der Waals surface area contributed by atoms with Crippen molar-refractivity contribution in [2.45, 2.75) is 26.3 Å². The Morgan fingerprint density at radius 2 is 2.21 bits per heavy atom. The zero-order chi connectivity index (χ0) is 19.7. The highest BCUT2D eigenvalue weighted by molar-refractivity contribution is 6.01. The lowest BCUT2D eigenvalue weighted by atomic mass is 9.98. The van der Waals surface area contributed by atoms with Crippen LogP contribution in [0, 0.1) is 18.7 Å². The topological polar surface area (TPSA) is 50.4 Å². The van der Waals surface area contributed by atoms with Crippen molar-refractivity contribution < 1.29 is 13.6 Å². The number of carbonyl (C=O) groups is 1. The second-order valence-electron chi connectivity index (χ2n) is 7.73. The van der Waals surface area contributed by atoms with Gasteiger partial charge in [0.15, 0.2) is 0 Å². The number of amides is 1. The molecule has 1 aromatic carbocycles. The van der Waals surface area contributed by atoms with E-state index >= 15 is 0 Å². The molecule has 1 fully saturated rings. The number of aromatic nitrogens is 1. The minimum atomic E-state index is -0.285. The normalized spacial score (nSPS) is 17.9. The first-order chi connectivity index (χ1) is 13.5. The Balaban J connectivity index is 1.41. The molecule has 3 aromatic rings. The number of nitrogens with one attached hydrogen (secondary N) is 1. The molecule has 0 saturated carbocycles. The van der Waals surface area contributed by atoms with Gasteiger partial charge in [0, 0.05) is 31.0 Å². The summed E-state index contributed by atoms with van der Waals surface area (Å²) in [6.07, 6.45) is 3.93. The summed E-state index contributed by atoms with van der Waals surface area (Å²) in [5, 5.41) is 3.89. The summed E-state index contributed by atoms with van der Waals surface area (Å²) in [5.41, 5.74) is 2.28. The molecule has 0 spiro atoms. The van der Waals surface area contributed by atoms with Gasteiger partial charge in [-0.05, 0) is 68.1 Å². The number of hydrogen-bond donors (Lipinski definition) is 1. The van der Waals surface area contributed by atoms with E-state index < -0.39 is 0 Å². The highest BCUT2D eigenvalue weighted by Crippen LogP contribution is 2.26. The van der Waals surface area contributed by atoms with Crippen molar-refractivity contribution >= 4 is 16.8 Å². The Kier molecular flexibility index (Phi) is 5.22. The Bertz CT molecular complexity index is 977. The van der Waals surface area contributed by atoms with Gasteiger partial charge >= 0.3 is 0 Å². The van der Waals surface area contributed by atoms with Crippen molar-refractivity contribution in [3.63, 3.8) is 0 Å². The minimum Gasteiger partial charge on any atom is -0.468 e. The molecule has 1 aliphatic rings. The maximum atomic E-state index is 13.6. The van der Waals surface area contributed by atoms with E-state index in [0.717, 1.165) is 54.7 Å². The predicted octanol–water partition coefficient (Wildman–Crippen LogP) is 3.86. The Hall–Kier alpha value is -2.60. The first kappa shape index (κ1) is 18.7. The molecule has 0 bridgehead atoms. The molecule has 1 N–H and O–H groups in total. The molecule has 6 heteroatoms. The predicted molar refractivity (Wildman–Crippen MR) is 107 cm³/mol. The van der Waals surface area contributed by atoms with Crippen molar-refractivity contribution in [3.05, 3.63) is 59.4 Å². The number of aryl methyl sites for hydroxylation is 2. The highest BCUT2D eigenvalue weighted by Gasteiger charge is 2.23. The average Bonchev–Trinajstić information content (AvgIpc) is 3.27. The standard InChI is InChI=1S/C22H26FN3O2/c1-15-19-11-17(23)7-8-20(19)25(2)21(15)22(27)24-12-16-5-3-9-26(13-16)14-18-6-4-10-28-18/h4,6-8,10-11,16H,3,5,9,12-14H2,1-2H3,(H,24,27)/t16-/m0/s1. The largest absolute Gasteiger partial charge is 0.468 e. The van der Waals surface area contributed by atoms with Crippen LogP contribution in [-0.4, -0.2) is 35.0 Å². The van der Waals surface area contributed by atoms with Crippen LogP contribution in [0.5, 0.6) is 0 Å². The van der Waals surface area contributed by atoms with Crippen LogP contribution < -0.4 is 5.32 Å². The summed E-state index contributed by atoms with van der Waals surface area (Å²) in [7, 11) is 1.86. The van der Waals surface area contributed by atoms with Gasteiger partial charge in [0.05, 0.1) is 12.8 Å².